The van der Waals surface area contributed by atoms with E-state index in [0.717, 1.165) is 25.7 Å². The van der Waals surface area contributed by atoms with Gasteiger partial charge in [-0.25, -0.2) is 0 Å². The van der Waals surface area contributed by atoms with E-state index >= 15 is 0 Å². The Bertz CT molecular complexity index is 400. The predicted molar refractivity (Wildman–Crippen MR) is 98.1 cm³/mol. The lowest BCUT2D eigenvalue weighted by atomic mass is 9.98. The molecule has 120 valence electrons. The molecule has 2 nitrogen and oxygen atoms in total. The monoisotopic (exact) mass is 504 g/mol. The standard InChI is InChI=1S/C15H20Br3ClO2/c1-2-10(17)13-7-11(18)12(19)8-15-14(21-13)6-9(20-15)4-3-5-16/h4-5,9-15H,2,6-8H2,1H3/t3?,9-,10+,11+,12+,13?,14-,15-/m1/s1. The van der Waals surface area contributed by atoms with Crippen LogP contribution in [0.4, 0.5) is 0 Å². The lowest BCUT2D eigenvalue weighted by Crippen LogP contribution is -2.41. The summed E-state index contributed by atoms with van der Waals surface area (Å²) >= 11 is 17.2. The summed E-state index contributed by atoms with van der Waals surface area (Å²) in [5, 5.41) is 0.0647. The van der Waals surface area contributed by atoms with E-state index in [2.05, 4.69) is 60.4 Å². The van der Waals surface area contributed by atoms with E-state index < -0.39 is 0 Å². The summed E-state index contributed by atoms with van der Waals surface area (Å²) in [4.78, 5) is 2.31. The summed E-state index contributed by atoms with van der Waals surface area (Å²) < 4.78 is 12.4. The molecule has 7 atom stereocenters. The molecule has 0 saturated carbocycles. The van der Waals surface area contributed by atoms with Crippen LogP contribution in [0, 0.1) is 0 Å². The van der Waals surface area contributed by atoms with Crippen molar-refractivity contribution in [2.75, 3.05) is 0 Å². The van der Waals surface area contributed by atoms with Gasteiger partial charge in [0.05, 0.1) is 24.4 Å². The van der Waals surface area contributed by atoms with Gasteiger partial charge in [0.1, 0.15) is 0 Å². The normalized spacial score (nSPS) is 41.4. The van der Waals surface area contributed by atoms with Crippen molar-refractivity contribution < 1.29 is 9.47 Å². The molecule has 0 aromatic carbocycles. The molecule has 2 heterocycles. The van der Waals surface area contributed by atoms with Gasteiger partial charge < -0.3 is 9.47 Å². The van der Waals surface area contributed by atoms with E-state index in [0.29, 0.717) is 4.83 Å². The molecule has 2 fully saturated rings. The molecular weight excluding hydrogens is 487 g/mol. The number of fused-ring (bicyclic) bond motifs is 1. The lowest BCUT2D eigenvalue weighted by molar-refractivity contribution is -0.0668. The molecular formula is C15H20Br3ClO2. The number of rotatable bonds is 3. The number of halogens is 4. The third-order valence-electron chi connectivity index (χ3n) is 4.02. The molecule has 0 aromatic rings. The Kier molecular flexibility index (Phi) is 7.81. The highest BCUT2D eigenvalue weighted by Crippen LogP contribution is 2.37. The topological polar surface area (TPSA) is 18.5 Å². The van der Waals surface area contributed by atoms with Gasteiger partial charge in [0, 0.05) is 26.4 Å². The van der Waals surface area contributed by atoms with Crippen LogP contribution in [-0.2, 0) is 9.47 Å². The minimum absolute atomic E-state index is 0.0561. The van der Waals surface area contributed by atoms with Crippen LogP contribution in [0.5, 0.6) is 0 Å². The van der Waals surface area contributed by atoms with Gasteiger partial charge >= 0.3 is 0 Å². The van der Waals surface area contributed by atoms with Crippen LogP contribution in [0.25, 0.3) is 0 Å². The molecule has 0 spiro atoms. The predicted octanol–water partition coefficient (Wildman–Crippen LogP) is 5.30. The number of alkyl halides is 3. The van der Waals surface area contributed by atoms with Gasteiger partial charge in [-0.2, -0.15) is 0 Å². The van der Waals surface area contributed by atoms with E-state index in [1.165, 1.54) is 0 Å². The van der Waals surface area contributed by atoms with Crippen LogP contribution in [0.15, 0.2) is 16.8 Å². The highest BCUT2D eigenvalue weighted by Gasteiger charge is 2.42. The van der Waals surface area contributed by atoms with Crippen LogP contribution >= 0.6 is 59.4 Å². The van der Waals surface area contributed by atoms with Crippen LogP contribution in [0.3, 0.4) is 0 Å². The third kappa shape index (κ3) is 5.07. The Labute approximate surface area is 157 Å². The minimum atomic E-state index is 0.0561. The second-order valence-electron chi connectivity index (χ2n) is 5.53. The fraction of sp³-hybridized carbons (Fsp3) is 0.800. The van der Waals surface area contributed by atoms with Gasteiger partial charge in [0.2, 0.25) is 0 Å². The smallest absolute Gasteiger partial charge is 0.0869 e. The fourth-order valence-corrected chi connectivity index (χ4v) is 4.22. The SMILES string of the molecule is CC[C@H](Br)C1C[C@H](Br)[C@@H](Cl)C[C@H]2O[C@H](C=C=CBr)C[C@H]2O1. The summed E-state index contributed by atoms with van der Waals surface area (Å²) in [5.74, 6) is 0. The maximum Gasteiger partial charge on any atom is 0.0869 e. The van der Waals surface area contributed by atoms with Gasteiger partial charge in [-0.1, -0.05) is 54.7 Å². The van der Waals surface area contributed by atoms with E-state index in [9.17, 15) is 0 Å². The zero-order valence-electron chi connectivity index (χ0n) is 11.9. The zero-order chi connectivity index (χ0) is 15.4. The average Bonchev–Trinajstić information content (AvgIpc) is 2.83. The van der Waals surface area contributed by atoms with E-state index in [1.54, 1.807) is 4.99 Å². The molecule has 0 bridgehead atoms. The van der Waals surface area contributed by atoms with Gasteiger partial charge in [0.25, 0.3) is 0 Å². The summed E-state index contributed by atoms with van der Waals surface area (Å²) in [6.45, 7) is 2.16. The van der Waals surface area contributed by atoms with Crippen molar-refractivity contribution >= 4 is 59.4 Å². The van der Waals surface area contributed by atoms with Crippen LogP contribution in [-0.4, -0.2) is 39.4 Å². The second kappa shape index (κ2) is 8.86. The first kappa shape index (κ1) is 18.5. The first-order chi connectivity index (χ1) is 10.0. The molecule has 2 saturated heterocycles. The number of hydrogen-bond acceptors (Lipinski definition) is 2. The molecule has 2 aliphatic heterocycles. The van der Waals surface area contributed by atoms with Crippen LogP contribution in [0.2, 0.25) is 0 Å². The Balaban J connectivity index is 2.11. The van der Waals surface area contributed by atoms with Gasteiger partial charge in [-0.15, -0.1) is 17.3 Å². The summed E-state index contributed by atoms with van der Waals surface area (Å²) in [6, 6.07) is 0. The zero-order valence-corrected chi connectivity index (χ0v) is 17.4. The van der Waals surface area contributed by atoms with E-state index in [4.69, 9.17) is 21.1 Å². The molecule has 21 heavy (non-hydrogen) atoms. The first-order valence-electron chi connectivity index (χ1n) is 7.29. The van der Waals surface area contributed by atoms with Crippen LogP contribution < -0.4 is 0 Å². The molecule has 0 N–H and O–H groups in total. The minimum Gasteiger partial charge on any atom is -0.371 e. The molecule has 0 radical (unpaired) electrons. The van der Waals surface area contributed by atoms with Crippen molar-refractivity contribution in [3.8, 4) is 0 Å². The highest BCUT2D eigenvalue weighted by molar-refractivity contribution is 9.11. The quantitative estimate of drug-likeness (QED) is 0.382. The summed E-state index contributed by atoms with van der Waals surface area (Å²) in [6.07, 6.45) is 5.97. The Morgan fingerprint density at radius 1 is 1.29 bits per heavy atom. The summed E-state index contributed by atoms with van der Waals surface area (Å²) in [7, 11) is 0. The molecule has 1 unspecified atom stereocenters. The maximum absolute atomic E-state index is 6.54. The molecule has 0 aliphatic carbocycles. The second-order valence-corrected chi connectivity index (χ2v) is 8.90. The van der Waals surface area contributed by atoms with Crippen molar-refractivity contribution in [3.05, 3.63) is 16.8 Å². The summed E-state index contributed by atoms with van der Waals surface area (Å²) in [5.41, 5.74) is 3.03. The first-order valence-corrected chi connectivity index (χ1v) is 10.5. The Hall–Kier alpha value is 1.17. The van der Waals surface area contributed by atoms with Crippen molar-refractivity contribution in [1.82, 2.24) is 0 Å². The van der Waals surface area contributed by atoms with E-state index in [1.807, 2.05) is 6.08 Å². The number of hydrogen-bond donors (Lipinski definition) is 0. The lowest BCUT2D eigenvalue weighted by Gasteiger charge is -2.34. The van der Waals surface area contributed by atoms with Gasteiger partial charge in [0.15, 0.2) is 0 Å². The number of ether oxygens (including phenoxy) is 2. The van der Waals surface area contributed by atoms with Gasteiger partial charge in [-0.05, 0) is 25.3 Å². The van der Waals surface area contributed by atoms with Crippen molar-refractivity contribution in [3.63, 3.8) is 0 Å². The average molecular weight is 507 g/mol. The molecule has 0 aromatic heterocycles. The maximum atomic E-state index is 6.54. The van der Waals surface area contributed by atoms with E-state index in [-0.39, 0.29) is 34.6 Å². The highest BCUT2D eigenvalue weighted by atomic mass is 79.9. The largest absolute Gasteiger partial charge is 0.371 e. The van der Waals surface area contributed by atoms with Crippen molar-refractivity contribution in [2.24, 2.45) is 0 Å². The Morgan fingerprint density at radius 2 is 2.00 bits per heavy atom. The molecule has 6 heteroatoms. The Morgan fingerprint density at radius 3 is 2.67 bits per heavy atom. The fourth-order valence-electron chi connectivity index (χ4n) is 2.87. The molecule has 2 aliphatic rings. The van der Waals surface area contributed by atoms with Crippen molar-refractivity contribution in [2.45, 2.75) is 72.1 Å². The van der Waals surface area contributed by atoms with Gasteiger partial charge in [-0.3, -0.25) is 0 Å². The molecule has 2 rings (SSSR count). The molecule has 0 amide bonds. The van der Waals surface area contributed by atoms with Crippen molar-refractivity contribution in [1.29, 1.82) is 0 Å². The third-order valence-corrected chi connectivity index (χ3v) is 7.32. The van der Waals surface area contributed by atoms with Crippen LogP contribution in [0.1, 0.15) is 32.6 Å².